The Kier molecular flexibility index (Phi) is 5.46. The predicted octanol–water partition coefficient (Wildman–Crippen LogP) is 4.78. The molecular formula is C20H21N3OS. The van der Waals surface area contributed by atoms with Crippen LogP contribution in [0.15, 0.2) is 66.0 Å². The van der Waals surface area contributed by atoms with E-state index >= 15 is 0 Å². The number of carbonyl (C=O) groups excluding carboxylic acids is 1. The van der Waals surface area contributed by atoms with Gasteiger partial charge < -0.3 is 4.57 Å². The summed E-state index contributed by atoms with van der Waals surface area (Å²) < 4.78 is 2.00. The molecule has 0 saturated heterocycles. The van der Waals surface area contributed by atoms with E-state index in [4.69, 9.17) is 0 Å². The van der Waals surface area contributed by atoms with Gasteiger partial charge in [-0.1, -0.05) is 13.3 Å². The smallest absolute Gasteiger partial charge is 0.271 e. The molecule has 5 heteroatoms. The Balaban J connectivity index is 1.72. The molecule has 1 amide bonds. The quantitative estimate of drug-likeness (QED) is 0.504. The highest BCUT2D eigenvalue weighted by atomic mass is 32.1. The molecule has 0 bridgehead atoms. The number of rotatable bonds is 6. The summed E-state index contributed by atoms with van der Waals surface area (Å²) in [5.41, 5.74) is 5.24. The Morgan fingerprint density at radius 1 is 1.12 bits per heavy atom. The largest absolute Gasteiger partial charge is 0.324 e. The third-order valence-electron chi connectivity index (χ3n) is 3.84. The van der Waals surface area contributed by atoms with Gasteiger partial charge in [-0.05, 0) is 61.9 Å². The van der Waals surface area contributed by atoms with Crippen LogP contribution in [0.4, 0.5) is 0 Å². The molecule has 2 heterocycles. The van der Waals surface area contributed by atoms with E-state index in [1.54, 1.807) is 11.3 Å². The number of hydrazone groups is 1. The van der Waals surface area contributed by atoms with Crippen molar-refractivity contribution >= 4 is 23.0 Å². The second-order valence-electron chi connectivity index (χ2n) is 5.80. The third-order valence-corrected chi connectivity index (χ3v) is 4.89. The maximum Gasteiger partial charge on any atom is 0.271 e. The van der Waals surface area contributed by atoms with E-state index in [9.17, 15) is 4.79 Å². The van der Waals surface area contributed by atoms with Crippen molar-refractivity contribution in [1.82, 2.24) is 9.99 Å². The van der Waals surface area contributed by atoms with Crippen molar-refractivity contribution in [3.63, 3.8) is 0 Å². The highest BCUT2D eigenvalue weighted by Crippen LogP contribution is 2.18. The van der Waals surface area contributed by atoms with Crippen LogP contribution in [-0.4, -0.2) is 16.2 Å². The third kappa shape index (κ3) is 4.25. The van der Waals surface area contributed by atoms with Gasteiger partial charge in [0.2, 0.25) is 0 Å². The van der Waals surface area contributed by atoms with Gasteiger partial charge in [0.25, 0.3) is 5.91 Å². The van der Waals surface area contributed by atoms with Gasteiger partial charge in [-0.15, -0.1) is 11.3 Å². The molecule has 0 unspecified atom stereocenters. The summed E-state index contributed by atoms with van der Waals surface area (Å²) in [6.45, 7) is 4.18. The van der Waals surface area contributed by atoms with Crippen LogP contribution >= 0.6 is 11.3 Å². The predicted molar refractivity (Wildman–Crippen MR) is 104 cm³/mol. The second-order valence-corrected chi connectivity index (χ2v) is 7.08. The molecule has 0 aliphatic carbocycles. The number of carbonyl (C=O) groups is 1. The molecule has 2 aromatic heterocycles. The zero-order valence-corrected chi connectivity index (χ0v) is 15.2. The number of benzene rings is 1. The van der Waals surface area contributed by atoms with E-state index in [-0.39, 0.29) is 5.91 Å². The van der Waals surface area contributed by atoms with Gasteiger partial charge in [0.05, 0.1) is 10.6 Å². The highest BCUT2D eigenvalue weighted by Gasteiger charge is 2.09. The average Bonchev–Trinajstić information content (AvgIpc) is 3.30. The minimum Gasteiger partial charge on any atom is -0.324 e. The van der Waals surface area contributed by atoms with Crippen LogP contribution in [0, 0.1) is 6.92 Å². The number of amides is 1. The minimum atomic E-state index is -0.194. The molecule has 3 rings (SSSR count). The Labute approximate surface area is 151 Å². The maximum atomic E-state index is 12.4. The zero-order valence-electron chi connectivity index (χ0n) is 14.4. The lowest BCUT2D eigenvalue weighted by Gasteiger charge is -2.06. The molecule has 1 N–H and O–H groups in total. The van der Waals surface area contributed by atoms with E-state index in [0.29, 0.717) is 5.56 Å². The number of nitrogens with one attached hydrogen (secondary N) is 1. The fraction of sp³-hybridized carbons (Fsp3) is 0.200. The van der Waals surface area contributed by atoms with Crippen LogP contribution in [-0.2, 0) is 0 Å². The molecule has 0 spiro atoms. The number of nitrogens with zero attached hydrogens (tertiary/aromatic N) is 2. The van der Waals surface area contributed by atoms with Crippen LogP contribution in [0.3, 0.4) is 0 Å². The lowest BCUT2D eigenvalue weighted by molar-refractivity contribution is 0.0955. The number of thiophene rings is 1. The topological polar surface area (TPSA) is 46.4 Å². The first kappa shape index (κ1) is 17.2. The van der Waals surface area contributed by atoms with Gasteiger partial charge in [-0.2, -0.15) is 5.10 Å². The number of aromatic nitrogens is 1. The summed E-state index contributed by atoms with van der Waals surface area (Å²) >= 11 is 1.70. The molecule has 4 nitrogen and oxygen atoms in total. The van der Waals surface area contributed by atoms with Crippen LogP contribution < -0.4 is 5.43 Å². The lowest BCUT2D eigenvalue weighted by Crippen LogP contribution is -2.19. The Morgan fingerprint density at radius 3 is 2.44 bits per heavy atom. The van der Waals surface area contributed by atoms with E-state index in [2.05, 4.69) is 36.5 Å². The van der Waals surface area contributed by atoms with Crippen molar-refractivity contribution in [2.75, 3.05) is 0 Å². The van der Waals surface area contributed by atoms with Crippen molar-refractivity contribution in [3.8, 4) is 5.69 Å². The SMILES string of the molecule is CCC/C(=N\NC(=O)c1ccc(-n2cccc2)cc1)c1ccc(C)s1. The van der Waals surface area contributed by atoms with E-state index in [0.717, 1.165) is 29.1 Å². The highest BCUT2D eigenvalue weighted by molar-refractivity contribution is 7.14. The normalized spacial score (nSPS) is 11.5. The molecule has 1 aromatic carbocycles. The van der Waals surface area contributed by atoms with Crippen LogP contribution in [0.2, 0.25) is 0 Å². The Bertz CT molecular complexity index is 861. The average molecular weight is 351 g/mol. The van der Waals surface area contributed by atoms with E-state index in [1.807, 2.05) is 53.4 Å². The summed E-state index contributed by atoms with van der Waals surface area (Å²) in [5, 5.41) is 4.37. The fourth-order valence-electron chi connectivity index (χ4n) is 2.54. The molecule has 0 radical (unpaired) electrons. The molecule has 0 saturated carbocycles. The Hall–Kier alpha value is -2.66. The monoisotopic (exact) mass is 351 g/mol. The molecule has 3 aromatic rings. The summed E-state index contributed by atoms with van der Waals surface area (Å²) in [6, 6.07) is 15.6. The van der Waals surface area contributed by atoms with Gasteiger partial charge in [-0.3, -0.25) is 4.79 Å². The minimum absolute atomic E-state index is 0.194. The summed E-state index contributed by atoms with van der Waals surface area (Å²) in [6.07, 6.45) is 5.77. The molecule has 0 fully saturated rings. The van der Waals surface area contributed by atoms with Gasteiger partial charge in [0, 0.05) is 28.5 Å². The van der Waals surface area contributed by atoms with Crippen molar-refractivity contribution in [2.24, 2.45) is 5.10 Å². The fourth-order valence-corrected chi connectivity index (χ4v) is 3.42. The van der Waals surface area contributed by atoms with Crippen molar-refractivity contribution in [2.45, 2.75) is 26.7 Å². The van der Waals surface area contributed by atoms with Crippen LogP contribution in [0.25, 0.3) is 5.69 Å². The van der Waals surface area contributed by atoms with Gasteiger partial charge in [0.15, 0.2) is 0 Å². The molecule has 25 heavy (non-hydrogen) atoms. The van der Waals surface area contributed by atoms with Gasteiger partial charge in [0.1, 0.15) is 0 Å². The molecular weight excluding hydrogens is 330 g/mol. The van der Waals surface area contributed by atoms with Crippen LogP contribution in [0.5, 0.6) is 0 Å². The first-order chi connectivity index (χ1) is 12.2. The van der Waals surface area contributed by atoms with Gasteiger partial charge >= 0.3 is 0 Å². The number of hydrogen-bond donors (Lipinski definition) is 1. The maximum absolute atomic E-state index is 12.4. The Morgan fingerprint density at radius 2 is 1.84 bits per heavy atom. The summed E-state index contributed by atoms with van der Waals surface area (Å²) in [4.78, 5) is 14.7. The summed E-state index contributed by atoms with van der Waals surface area (Å²) in [7, 11) is 0. The molecule has 0 aliphatic rings. The van der Waals surface area contributed by atoms with E-state index < -0.39 is 0 Å². The van der Waals surface area contributed by atoms with Crippen molar-refractivity contribution in [1.29, 1.82) is 0 Å². The van der Waals surface area contributed by atoms with Crippen molar-refractivity contribution in [3.05, 3.63) is 76.2 Å². The molecule has 0 aliphatic heterocycles. The number of aryl methyl sites for hydroxylation is 1. The van der Waals surface area contributed by atoms with Crippen molar-refractivity contribution < 1.29 is 4.79 Å². The first-order valence-corrected chi connectivity index (χ1v) is 9.16. The zero-order chi connectivity index (χ0) is 17.6. The standard InChI is InChI=1S/C20H21N3OS/c1-3-6-18(19-12-7-15(2)25-19)21-22-20(24)16-8-10-17(11-9-16)23-13-4-5-14-23/h4-5,7-14H,3,6H2,1-2H3,(H,22,24)/b21-18+. The summed E-state index contributed by atoms with van der Waals surface area (Å²) in [5.74, 6) is -0.194. The van der Waals surface area contributed by atoms with Gasteiger partial charge in [-0.25, -0.2) is 5.43 Å². The second kappa shape index (κ2) is 7.94. The first-order valence-electron chi connectivity index (χ1n) is 8.34. The molecule has 0 atom stereocenters. The molecule has 128 valence electrons. The van der Waals surface area contributed by atoms with E-state index in [1.165, 1.54) is 4.88 Å². The van der Waals surface area contributed by atoms with Crippen LogP contribution in [0.1, 0.15) is 39.9 Å². The number of hydrogen-bond acceptors (Lipinski definition) is 3. The lowest BCUT2D eigenvalue weighted by atomic mass is 10.2.